The number of primary amides is 1. The number of halogens is 2. The molecule has 0 aliphatic rings. The van der Waals surface area contributed by atoms with Gasteiger partial charge in [0.25, 0.3) is 5.91 Å². The third kappa shape index (κ3) is 4.06. The van der Waals surface area contributed by atoms with Gasteiger partial charge in [0.2, 0.25) is 5.91 Å². The fraction of sp³-hybridized carbons (Fsp3) is 0.0667. The van der Waals surface area contributed by atoms with Gasteiger partial charge < -0.3 is 11.1 Å². The van der Waals surface area contributed by atoms with Crippen LogP contribution in [0.25, 0.3) is 0 Å². The van der Waals surface area contributed by atoms with E-state index in [1.54, 1.807) is 42.5 Å². The van der Waals surface area contributed by atoms with Crippen LogP contribution in [0.4, 0.5) is 5.69 Å². The summed E-state index contributed by atoms with van der Waals surface area (Å²) < 4.78 is 0.641. The first-order valence-electron chi connectivity index (χ1n) is 6.10. The van der Waals surface area contributed by atoms with Crippen LogP contribution < -0.4 is 11.1 Å². The number of carbonyl (C=O) groups is 2. The molecule has 2 amide bonds. The predicted octanol–water partition coefficient (Wildman–Crippen LogP) is 3.38. The molecule has 2 aromatic rings. The Balaban J connectivity index is 2.23. The van der Waals surface area contributed by atoms with E-state index in [0.29, 0.717) is 26.3 Å². The molecule has 0 heterocycles. The molecule has 3 N–H and O–H groups in total. The molecule has 0 bridgehead atoms. The number of benzene rings is 2. The van der Waals surface area contributed by atoms with Crippen molar-refractivity contribution in [3.63, 3.8) is 0 Å². The molecule has 21 heavy (non-hydrogen) atoms. The molecule has 0 atom stereocenters. The number of para-hydroxylation sites is 1. The lowest BCUT2D eigenvalue weighted by atomic mass is 10.1. The van der Waals surface area contributed by atoms with E-state index < -0.39 is 5.91 Å². The minimum absolute atomic E-state index is 0.0702. The van der Waals surface area contributed by atoms with E-state index in [1.807, 2.05) is 0 Å². The smallest absolute Gasteiger partial charge is 0.255 e. The molecule has 0 spiro atoms. The van der Waals surface area contributed by atoms with Crippen molar-refractivity contribution in [3.8, 4) is 0 Å². The zero-order valence-corrected chi connectivity index (χ0v) is 13.2. The van der Waals surface area contributed by atoms with Gasteiger partial charge >= 0.3 is 0 Å². The normalized spacial score (nSPS) is 10.2. The van der Waals surface area contributed by atoms with E-state index in [-0.39, 0.29) is 12.3 Å². The zero-order valence-electron chi connectivity index (χ0n) is 10.9. The van der Waals surface area contributed by atoms with Crippen molar-refractivity contribution in [1.29, 1.82) is 0 Å². The Morgan fingerprint density at radius 3 is 2.57 bits per heavy atom. The van der Waals surface area contributed by atoms with Crippen LogP contribution in [0.2, 0.25) is 5.02 Å². The first-order valence-corrected chi connectivity index (χ1v) is 7.27. The summed E-state index contributed by atoms with van der Waals surface area (Å²) in [6.45, 7) is 0. The van der Waals surface area contributed by atoms with Crippen molar-refractivity contribution < 1.29 is 9.59 Å². The predicted molar refractivity (Wildman–Crippen MR) is 86.4 cm³/mol. The molecule has 0 aromatic heterocycles. The van der Waals surface area contributed by atoms with E-state index >= 15 is 0 Å². The molecule has 6 heteroatoms. The Morgan fingerprint density at radius 2 is 1.90 bits per heavy atom. The second kappa shape index (κ2) is 6.74. The zero-order chi connectivity index (χ0) is 15.4. The fourth-order valence-corrected chi connectivity index (χ4v) is 2.31. The van der Waals surface area contributed by atoms with E-state index in [9.17, 15) is 9.59 Å². The molecule has 0 fully saturated rings. The van der Waals surface area contributed by atoms with Crippen molar-refractivity contribution in [3.05, 3.63) is 63.1 Å². The molecule has 0 aliphatic heterocycles. The maximum absolute atomic E-state index is 12.2. The Hall–Kier alpha value is -1.85. The van der Waals surface area contributed by atoms with Gasteiger partial charge in [-0.05, 0) is 45.8 Å². The van der Waals surface area contributed by atoms with E-state index in [2.05, 4.69) is 21.2 Å². The van der Waals surface area contributed by atoms with Gasteiger partial charge in [0.15, 0.2) is 0 Å². The average molecular weight is 368 g/mol. The van der Waals surface area contributed by atoms with Gasteiger partial charge in [-0.25, -0.2) is 0 Å². The van der Waals surface area contributed by atoms with Crippen molar-refractivity contribution in [2.24, 2.45) is 5.73 Å². The molecular formula is C15H12BrClN2O2. The monoisotopic (exact) mass is 366 g/mol. The largest absolute Gasteiger partial charge is 0.369 e. The Morgan fingerprint density at radius 1 is 1.19 bits per heavy atom. The topological polar surface area (TPSA) is 72.2 Å². The maximum Gasteiger partial charge on any atom is 0.255 e. The summed E-state index contributed by atoms with van der Waals surface area (Å²) >= 11 is 9.17. The Labute approximate surface area is 135 Å². The standard InChI is InChI=1S/C15H12BrClN2O2/c16-11-7-10(5-6-12(11)17)15(21)19-13-4-2-1-3-9(13)8-14(18)20/h1-7H,8H2,(H2,18,20)(H,19,21). The molecule has 0 saturated heterocycles. The van der Waals surface area contributed by atoms with Gasteiger partial charge in [-0.15, -0.1) is 0 Å². The first kappa shape index (κ1) is 15.5. The average Bonchev–Trinajstić information content (AvgIpc) is 2.43. The van der Waals surface area contributed by atoms with E-state index in [1.165, 1.54) is 0 Å². The lowest BCUT2D eigenvalue weighted by molar-refractivity contribution is -0.117. The second-order valence-corrected chi connectivity index (χ2v) is 5.64. The molecule has 0 radical (unpaired) electrons. The fourth-order valence-electron chi connectivity index (χ4n) is 1.82. The number of amides is 2. The first-order chi connectivity index (χ1) is 9.97. The highest BCUT2D eigenvalue weighted by atomic mass is 79.9. The van der Waals surface area contributed by atoms with Crippen molar-refractivity contribution in [2.45, 2.75) is 6.42 Å². The van der Waals surface area contributed by atoms with Crippen molar-refractivity contribution in [2.75, 3.05) is 5.32 Å². The Bertz CT molecular complexity index is 704. The number of nitrogens with one attached hydrogen (secondary N) is 1. The summed E-state index contributed by atoms with van der Waals surface area (Å²) in [5.74, 6) is -0.741. The summed E-state index contributed by atoms with van der Waals surface area (Å²) in [6, 6.07) is 11.9. The number of hydrogen-bond acceptors (Lipinski definition) is 2. The quantitative estimate of drug-likeness (QED) is 0.869. The van der Waals surface area contributed by atoms with Crippen LogP contribution in [-0.4, -0.2) is 11.8 Å². The molecule has 0 saturated carbocycles. The Kier molecular flexibility index (Phi) is 4.98. The van der Waals surface area contributed by atoms with Crippen molar-refractivity contribution >= 4 is 45.0 Å². The maximum atomic E-state index is 12.2. The number of nitrogens with two attached hydrogens (primary N) is 1. The van der Waals surface area contributed by atoms with Gasteiger partial charge in [-0.2, -0.15) is 0 Å². The number of carbonyl (C=O) groups excluding carboxylic acids is 2. The highest BCUT2D eigenvalue weighted by Gasteiger charge is 2.11. The minimum Gasteiger partial charge on any atom is -0.369 e. The summed E-state index contributed by atoms with van der Waals surface area (Å²) in [5.41, 5.74) is 6.89. The summed E-state index contributed by atoms with van der Waals surface area (Å²) in [6.07, 6.45) is 0.0702. The lowest BCUT2D eigenvalue weighted by Crippen LogP contribution is -2.17. The summed E-state index contributed by atoms with van der Waals surface area (Å²) in [5, 5.41) is 3.30. The van der Waals surface area contributed by atoms with Crippen LogP contribution in [0.15, 0.2) is 46.9 Å². The molecule has 2 rings (SSSR count). The minimum atomic E-state index is -0.453. The van der Waals surface area contributed by atoms with Gasteiger partial charge in [0, 0.05) is 15.7 Å². The highest BCUT2D eigenvalue weighted by molar-refractivity contribution is 9.10. The molecule has 0 unspecified atom stereocenters. The lowest BCUT2D eigenvalue weighted by Gasteiger charge is -2.10. The SMILES string of the molecule is NC(=O)Cc1ccccc1NC(=O)c1ccc(Cl)c(Br)c1. The number of rotatable bonds is 4. The van der Waals surface area contributed by atoms with Crippen LogP contribution in [-0.2, 0) is 11.2 Å². The van der Waals surface area contributed by atoms with Gasteiger partial charge in [-0.3, -0.25) is 9.59 Å². The van der Waals surface area contributed by atoms with Gasteiger partial charge in [-0.1, -0.05) is 29.8 Å². The van der Waals surface area contributed by atoms with Crippen LogP contribution in [0.3, 0.4) is 0 Å². The van der Waals surface area contributed by atoms with Crippen LogP contribution in [0.1, 0.15) is 15.9 Å². The third-order valence-electron chi connectivity index (χ3n) is 2.81. The molecule has 108 valence electrons. The van der Waals surface area contributed by atoms with Crippen LogP contribution >= 0.6 is 27.5 Å². The molecule has 0 aliphatic carbocycles. The van der Waals surface area contributed by atoms with Gasteiger partial charge in [0.1, 0.15) is 0 Å². The summed E-state index contributed by atoms with van der Waals surface area (Å²) in [4.78, 5) is 23.3. The number of anilines is 1. The van der Waals surface area contributed by atoms with Gasteiger partial charge in [0.05, 0.1) is 11.4 Å². The molecular weight excluding hydrogens is 356 g/mol. The highest BCUT2D eigenvalue weighted by Crippen LogP contribution is 2.24. The molecule has 2 aromatic carbocycles. The van der Waals surface area contributed by atoms with E-state index in [0.717, 1.165) is 0 Å². The summed E-state index contributed by atoms with van der Waals surface area (Å²) in [7, 11) is 0. The van der Waals surface area contributed by atoms with E-state index in [4.69, 9.17) is 17.3 Å². The van der Waals surface area contributed by atoms with Crippen LogP contribution in [0, 0.1) is 0 Å². The number of hydrogen-bond donors (Lipinski definition) is 2. The molecule has 4 nitrogen and oxygen atoms in total. The van der Waals surface area contributed by atoms with Crippen molar-refractivity contribution in [1.82, 2.24) is 0 Å². The van der Waals surface area contributed by atoms with Crippen LogP contribution in [0.5, 0.6) is 0 Å². The third-order valence-corrected chi connectivity index (χ3v) is 4.03. The second-order valence-electron chi connectivity index (χ2n) is 4.38.